The van der Waals surface area contributed by atoms with E-state index in [0.717, 1.165) is 29.6 Å². The fraction of sp³-hybridized carbons (Fsp3) is 0.216. The molecule has 4 N–H and O–H groups in total. The van der Waals surface area contributed by atoms with Crippen LogP contribution in [-0.4, -0.2) is 106 Å². The number of nitrogens with zero attached hydrogens (tertiary/aromatic N) is 13. The van der Waals surface area contributed by atoms with E-state index in [1.165, 1.54) is 30.7 Å². The van der Waals surface area contributed by atoms with E-state index in [0.29, 0.717) is 27.4 Å². The van der Waals surface area contributed by atoms with Crippen molar-refractivity contribution in [2.45, 2.75) is 0 Å². The first-order valence-corrected chi connectivity index (χ1v) is 19.0. The predicted molar refractivity (Wildman–Crippen MR) is 251 cm³/mol. The van der Waals surface area contributed by atoms with Crippen molar-refractivity contribution in [1.82, 2.24) is 45.2 Å². The number of pyridine rings is 4. The molecule has 0 aliphatic carbocycles. The van der Waals surface area contributed by atoms with Gasteiger partial charge in [0.1, 0.15) is 5.02 Å². The number of halogens is 6. The van der Waals surface area contributed by atoms with Crippen LogP contribution < -0.4 is 31.1 Å². The van der Waals surface area contributed by atoms with Crippen LogP contribution in [0.2, 0.25) is 25.8 Å². The minimum atomic E-state index is -1.05. The predicted octanol–water partition coefficient (Wildman–Crippen LogP) is 8.62. The Balaban J connectivity index is 0. The molecule has 0 fully saturated rings. The van der Waals surface area contributed by atoms with E-state index in [1.807, 2.05) is 76.4 Å². The van der Waals surface area contributed by atoms with Crippen molar-refractivity contribution in [3.63, 3.8) is 0 Å². The molecule has 64 heavy (non-hydrogen) atoms. The molecular formula is C37H45Cl5FN16O4Pd-. The van der Waals surface area contributed by atoms with Gasteiger partial charge in [-0.05, 0) is 73.7 Å². The molecule has 0 amide bonds. The van der Waals surface area contributed by atoms with E-state index in [9.17, 15) is 24.6 Å². The van der Waals surface area contributed by atoms with Gasteiger partial charge in [-0.15, -0.1) is 0 Å². The zero-order valence-electron chi connectivity index (χ0n) is 35.7. The number of nitrogens with one attached hydrogen (secondary N) is 2. The Kier molecular flexibility index (Phi) is 30.6. The first-order chi connectivity index (χ1) is 29.2. The standard InChI is InChI=1S/C11H11Cl2N5.C7H9N3O2.C7H11N3.C5H3FN2O2.C4HCl3N2.C2H7N.CH3.Pd/c1-18(2)10-8(4-3-5-14-10)16-9-7(12)6-15-11(13)17-9;1-9(2)7-6(10(11)12)4-3-5-8-7;1-10(2)7-6(8)4-3-5-9-7;6-5-4(8(9)10)2-1-3-7-5;5-2-1-8-4(7)9-3(2)6;1-3-2;;/h3-6H,1-2H3,(H,15,16,17);3-5H,1-2H3;3-5H,8H2,1-2H3;1-3H;1H;3H,1-2H3;1H3;/q;;;;;;-1;. The largest absolute Gasteiger partial charge is 0.396 e. The maximum atomic E-state index is 12.3. The second kappa shape index (κ2) is 32.3. The molecule has 0 saturated carbocycles. The van der Waals surface area contributed by atoms with Crippen LogP contribution in [0, 0.1) is 33.6 Å². The molecule has 27 heteroatoms. The maximum Gasteiger partial charge on any atom is 0.323 e. The van der Waals surface area contributed by atoms with Gasteiger partial charge in [0, 0.05) is 99.6 Å². The Bertz CT molecular complexity index is 2330. The van der Waals surface area contributed by atoms with Crippen molar-refractivity contribution in [2.75, 3.05) is 82.1 Å². The van der Waals surface area contributed by atoms with E-state index in [1.54, 1.807) is 37.5 Å². The van der Waals surface area contributed by atoms with Gasteiger partial charge in [0.05, 0.1) is 38.6 Å². The third kappa shape index (κ3) is 22.3. The van der Waals surface area contributed by atoms with Crippen LogP contribution >= 0.6 is 58.0 Å². The van der Waals surface area contributed by atoms with Crippen LogP contribution in [0.15, 0.2) is 85.7 Å². The Morgan fingerprint density at radius 2 is 1.05 bits per heavy atom. The summed E-state index contributed by atoms with van der Waals surface area (Å²) in [5.41, 5.74) is 6.56. The fourth-order valence-corrected chi connectivity index (χ4v) is 4.58. The average molecular weight is 1080 g/mol. The van der Waals surface area contributed by atoms with Crippen LogP contribution in [-0.2, 0) is 20.4 Å². The quantitative estimate of drug-likeness (QED) is 0.0257. The van der Waals surface area contributed by atoms with E-state index in [2.05, 4.69) is 50.5 Å². The Labute approximate surface area is 408 Å². The van der Waals surface area contributed by atoms with Gasteiger partial charge >= 0.3 is 11.4 Å². The summed E-state index contributed by atoms with van der Waals surface area (Å²) in [4.78, 5) is 54.8. The van der Waals surface area contributed by atoms with E-state index in [-0.39, 0.29) is 49.3 Å². The Hall–Kier alpha value is -5.44. The van der Waals surface area contributed by atoms with Gasteiger partial charge in [-0.1, -0.05) is 34.8 Å². The number of aromatic nitrogens is 8. The van der Waals surface area contributed by atoms with Gasteiger partial charge in [-0.25, -0.2) is 34.9 Å². The number of rotatable bonds is 7. The number of nitro groups is 2. The molecular weight excluding hydrogens is 1040 g/mol. The zero-order valence-corrected chi connectivity index (χ0v) is 41.0. The Morgan fingerprint density at radius 1 is 0.625 bits per heavy atom. The molecule has 0 bridgehead atoms. The molecule has 0 radical (unpaired) electrons. The van der Waals surface area contributed by atoms with Gasteiger partial charge < -0.3 is 38.5 Å². The average Bonchev–Trinajstić information content (AvgIpc) is 3.22. The SMILES string of the molecule is CN(C)c1ncccc1N.CN(C)c1ncccc1Nc1nc(Cl)ncc1Cl.CN(C)c1ncccc1[N+](=O)[O-].CNC.Clc1ncc(Cl)c(Cl)n1.O=[N+]([O-])c1cccnc1F.[CH3-].[Pd]. The van der Waals surface area contributed by atoms with Crippen molar-refractivity contribution < 1.29 is 34.7 Å². The first-order valence-electron chi connectivity index (χ1n) is 17.1. The number of anilines is 6. The normalized spacial score (nSPS) is 9.22. The number of hydrogen-bond acceptors (Lipinski definition) is 18. The summed E-state index contributed by atoms with van der Waals surface area (Å²) in [5, 5.41) is 27.4. The summed E-state index contributed by atoms with van der Waals surface area (Å²) >= 11 is 28.0. The maximum absolute atomic E-state index is 12.3. The van der Waals surface area contributed by atoms with E-state index in [4.69, 9.17) is 63.7 Å². The van der Waals surface area contributed by atoms with Gasteiger partial charge in [0.2, 0.25) is 16.4 Å². The summed E-state index contributed by atoms with van der Waals surface area (Å²) in [7, 11) is 14.8. The minimum Gasteiger partial charge on any atom is -0.396 e. The topological polar surface area (TPSA) is 249 Å². The molecule has 6 aromatic heterocycles. The second-order valence-electron chi connectivity index (χ2n) is 11.9. The van der Waals surface area contributed by atoms with Crippen molar-refractivity contribution in [3.8, 4) is 0 Å². The molecule has 0 spiro atoms. The summed E-state index contributed by atoms with van der Waals surface area (Å²) in [6, 6.07) is 12.7. The van der Waals surface area contributed by atoms with Crippen molar-refractivity contribution in [1.29, 1.82) is 0 Å². The molecule has 6 rings (SSSR count). The van der Waals surface area contributed by atoms with Crippen LogP contribution in [0.4, 0.5) is 50.4 Å². The van der Waals surface area contributed by atoms with Gasteiger partial charge in [-0.2, -0.15) is 9.37 Å². The molecule has 6 aromatic rings. The Morgan fingerprint density at radius 3 is 1.45 bits per heavy atom. The van der Waals surface area contributed by atoms with Gasteiger partial charge in [0.25, 0.3) is 5.95 Å². The summed E-state index contributed by atoms with van der Waals surface area (Å²) in [5.74, 6) is 1.38. The first kappa shape index (κ1) is 60.7. The molecule has 0 aliphatic heterocycles. The molecule has 0 unspecified atom stereocenters. The van der Waals surface area contributed by atoms with Gasteiger partial charge in [-0.3, -0.25) is 20.2 Å². The van der Waals surface area contributed by atoms with E-state index >= 15 is 0 Å². The second-order valence-corrected chi connectivity index (χ2v) is 13.7. The van der Waals surface area contributed by atoms with Gasteiger partial charge in [0.15, 0.2) is 22.6 Å². The smallest absolute Gasteiger partial charge is 0.323 e. The van der Waals surface area contributed by atoms with Crippen molar-refractivity contribution >= 4 is 104 Å². The fourth-order valence-electron chi connectivity index (χ4n) is 3.91. The summed E-state index contributed by atoms with van der Waals surface area (Å²) < 4.78 is 12.3. The van der Waals surface area contributed by atoms with Crippen LogP contribution in [0.25, 0.3) is 0 Å². The number of nitrogens with two attached hydrogens (primary N) is 1. The third-order valence-corrected chi connectivity index (χ3v) is 7.72. The third-order valence-electron chi connectivity index (χ3n) is 6.41. The molecule has 6 heterocycles. The minimum absolute atomic E-state index is 0. The van der Waals surface area contributed by atoms with Crippen LogP contribution in [0.5, 0.6) is 0 Å². The summed E-state index contributed by atoms with van der Waals surface area (Å²) in [6.07, 6.45) is 8.93. The van der Waals surface area contributed by atoms with E-state index < -0.39 is 21.5 Å². The molecule has 0 aliphatic rings. The van der Waals surface area contributed by atoms with Crippen LogP contribution in [0.1, 0.15) is 0 Å². The zero-order chi connectivity index (χ0) is 46.9. The van der Waals surface area contributed by atoms with Crippen molar-refractivity contribution in [2.24, 2.45) is 0 Å². The van der Waals surface area contributed by atoms with Crippen molar-refractivity contribution in [3.05, 3.63) is 145 Å². The summed E-state index contributed by atoms with van der Waals surface area (Å²) in [6.45, 7) is 0. The van der Waals surface area contributed by atoms with Crippen LogP contribution in [0.3, 0.4) is 0 Å². The molecule has 0 atom stereocenters. The molecule has 20 nitrogen and oxygen atoms in total. The number of nitrogen functional groups attached to an aromatic ring is 1. The molecule has 0 saturated heterocycles. The molecule has 0 aromatic carbocycles. The number of hydrogen-bond donors (Lipinski definition) is 3. The monoisotopic (exact) mass is 1080 g/mol. The molecule has 350 valence electrons.